The maximum absolute atomic E-state index is 12.7. The van der Waals surface area contributed by atoms with Crippen molar-refractivity contribution in [3.8, 4) is 0 Å². The second-order valence-corrected chi connectivity index (χ2v) is 15.3. The molecule has 25 atom stereocenters. The molecule has 0 bridgehead atoms. The van der Waals surface area contributed by atoms with E-state index in [0.717, 1.165) is 6.92 Å². The van der Waals surface area contributed by atoms with Gasteiger partial charge in [-0.05, 0) is 6.92 Å². The molecule has 5 rings (SSSR count). The fourth-order valence-electron chi connectivity index (χ4n) is 7.64. The van der Waals surface area contributed by atoms with Crippen molar-refractivity contribution in [2.45, 2.75) is 167 Å². The van der Waals surface area contributed by atoms with Crippen LogP contribution in [0.4, 0.5) is 0 Å². The van der Waals surface area contributed by atoms with Crippen molar-refractivity contribution < 1.29 is 124 Å². The minimum Gasteiger partial charge on any atom is -0.394 e. The number of carbonyl (C=O) groups excluding carboxylic acids is 1. The maximum Gasteiger partial charge on any atom is 0.217 e. The second-order valence-electron chi connectivity index (χ2n) is 15.3. The molecule has 0 spiro atoms. The molecule has 5 saturated heterocycles. The van der Waals surface area contributed by atoms with Gasteiger partial charge in [-0.15, -0.1) is 6.58 Å². The van der Waals surface area contributed by atoms with Gasteiger partial charge >= 0.3 is 0 Å². The number of aliphatic hydroxyl groups excluding tert-OH is 14. The first-order chi connectivity index (χ1) is 28.9. The van der Waals surface area contributed by atoms with Crippen molar-refractivity contribution >= 4 is 5.91 Å². The van der Waals surface area contributed by atoms with Crippen LogP contribution in [-0.2, 0) is 52.2 Å². The van der Waals surface area contributed by atoms with Gasteiger partial charge in [-0.25, -0.2) is 0 Å². The molecule has 5 heterocycles. The molecule has 15 N–H and O–H groups in total. The summed E-state index contributed by atoms with van der Waals surface area (Å²) in [6.45, 7) is 2.14. The number of rotatable bonds is 16. The predicted molar refractivity (Wildman–Crippen MR) is 191 cm³/mol. The molecule has 61 heavy (non-hydrogen) atoms. The van der Waals surface area contributed by atoms with E-state index in [4.69, 9.17) is 47.4 Å². The normalized spacial score (nSPS) is 49.6. The zero-order chi connectivity index (χ0) is 45.0. The summed E-state index contributed by atoms with van der Waals surface area (Å²) in [7, 11) is 0. The lowest BCUT2D eigenvalue weighted by atomic mass is 9.94. The highest BCUT2D eigenvalue weighted by atomic mass is 16.8. The molecule has 26 heteroatoms. The molecule has 0 aromatic rings. The lowest BCUT2D eigenvalue weighted by Crippen LogP contribution is -2.70. The van der Waals surface area contributed by atoms with E-state index in [1.807, 2.05) is 0 Å². The molecule has 1 amide bonds. The fraction of sp³-hybridized carbons (Fsp3) is 0.914. The van der Waals surface area contributed by atoms with Gasteiger partial charge in [0.2, 0.25) is 5.91 Å². The third-order valence-electron chi connectivity index (χ3n) is 11.0. The largest absolute Gasteiger partial charge is 0.394 e. The monoisotopic (exact) mass is 893 g/mol. The van der Waals surface area contributed by atoms with Crippen LogP contribution < -0.4 is 5.32 Å². The van der Waals surface area contributed by atoms with Crippen LogP contribution in [-0.4, -0.2) is 264 Å². The highest BCUT2D eigenvalue weighted by molar-refractivity contribution is 5.73. The zero-order valence-corrected chi connectivity index (χ0v) is 33.0. The lowest BCUT2D eigenvalue weighted by molar-refractivity contribution is -0.390. The molecule has 0 aromatic carbocycles. The van der Waals surface area contributed by atoms with E-state index in [1.54, 1.807) is 0 Å². The number of aliphatic hydroxyl groups is 14. The van der Waals surface area contributed by atoms with Gasteiger partial charge in [-0.2, -0.15) is 0 Å². The average Bonchev–Trinajstić information content (AvgIpc) is 3.23. The molecule has 5 aliphatic heterocycles. The van der Waals surface area contributed by atoms with Gasteiger partial charge < -0.3 is 124 Å². The summed E-state index contributed by atoms with van der Waals surface area (Å²) in [6, 6.07) is -1.71. The first-order valence-corrected chi connectivity index (χ1v) is 19.6. The number of hydrogen-bond donors (Lipinski definition) is 15. The smallest absolute Gasteiger partial charge is 0.217 e. The van der Waals surface area contributed by atoms with Gasteiger partial charge in [0, 0.05) is 6.92 Å². The van der Waals surface area contributed by atoms with Gasteiger partial charge in [0.05, 0.1) is 39.1 Å². The van der Waals surface area contributed by atoms with Gasteiger partial charge in [0.15, 0.2) is 31.5 Å². The number of carbonyl (C=O) groups is 1. The van der Waals surface area contributed by atoms with E-state index in [2.05, 4.69) is 11.9 Å². The average molecular weight is 894 g/mol. The van der Waals surface area contributed by atoms with E-state index in [9.17, 15) is 76.3 Å². The minimum absolute atomic E-state index is 0.105. The quantitative estimate of drug-likeness (QED) is 0.0640. The van der Waals surface area contributed by atoms with Crippen molar-refractivity contribution in [2.75, 3.05) is 33.0 Å². The van der Waals surface area contributed by atoms with Crippen molar-refractivity contribution in [3.05, 3.63) is 12.7 Å². The summed E-state index contributed by atoms with van der Waals surface area (Å²) >= 11 is 0. The van der Waals surface area contributed by atoms with Crippen LogP contribution in [0.3, 0.4) is 0 Å². The zero-order valence-electron chi connectivity index (χ0n) is 33.0. The van der Waals surface area contributed by atoms with E-state index >= 15 is 0 Å². The Bertz CT molecular complexity index is 1390. The summed E-state index contributed by atoms with van der Waals surface area (Å²) < 4.78 is 57.0. The van der Waals surface area contributed by atoms with Crippen molar-refractivity contribution in [1.82, 2.24) is 5.32 Å². The number of hydrogen-bond acceptors (Lipinski definition) is 25. The topological polar surface area (TPSA) is 405 Å². The number of ether oxygens (including phenoxy) is 10. The predicted octanol–water partition coefficient (Wildman–Crippen LogP) is -9.54. The van der Waals surface area contributed by atoms with E-state index in [1.165, 1.54) is 13.0 Å². The highest BCUT2D eigenvalue weighted by Crippen LogP contribution is 2.36. The van der Waals surface area contributed by atoms with Crippen LogP contribution in [0.25, 0.3) is 0 Å². The fourth-order valence-corrected chi connectivity index (χ4v) is 7.64. The summed E-state index contributed by atoms with van der Waals surface area (Å²) in [4.78, 5) is 12.7. The van der Waals surface area contributed by atoms with Gasteiger partial charge in [0.1, 0.15) is 116 Å². The summed E-state index contributed by atoms with van der Waals surface area (Å²) in [5.74, 6) is -0.815. The van der Waals surface area contributed by atoms with Crippen LogP contribution in [0.5, 0.6) is 0 Å². The SMILES string of the molecule is C=CCO[C@@H]1O[C@H](CO)[C@H](O[C@H]2O[C@H](CO)[C@H](O)[C@H](O[C@@H]3O[C@H](CO)[C@H](O)[C@H](O[C@@H]4O[C@H](CO)[C@H](O)[C@H](O)[C@H]4O[C@@H]4O[C@@H](C)[C@@H](O)[C@@H](O)[C@@H]4O)[C@H]3NC(C)=O)[C@H]2O)[C@H](O)[C@H]1O. The Labute approximate surface area is 347 Å². The molecular formula is C35H59NO25. The number of amides is 1. The Balaban J connectivity index is 1.42. The van der Waals surface area contributed by atoms with Crippen LogP contribution in [0, 0.1) is 0 Å². The standard InChI is InChI=1S/C35H59NO25/c1-4-5-52-32-25(50)23(48)27(15(9-40)57-32)58-34-26(51)29(20(45)14(8-39)55-34)60-31-16(36-11(3)41)28(19(44)13(7-38)54-31)59-35-30(22(47)18(43)12(6-37)56-35)61-33-24(49)21(46)17(42)10(2)53-33/h4,10,12-35,37-40,42-51H,1,5-9H2,2-3H3,(H,36,41)/t10-,12+,13+,14+,15+,16+,17+,18-,19-,20-,21+,22-,23+,24-,25+,26+,27-,28+,29-,30+,31-,32+,33-,34+,35-/m0/s1. The molecule has 5 fully saturated rings. The molecule has 0 saturated carbocycles. The summed E-state index contributed by atoms with van der Waals surface area (Å²) in [5.41, 5.74) is 0. The first-order valence-electron chi connectivity index (χ1n) is 19.6. The molecule has 0 aromatic heterocycles. The maximum atomic E-state index is 12.7. The minimum atomic E-state index is -2.09. The Morgan fingerprint density at radius 2 is 0.967 bits per heavy atom. The van der Waals surface area contributed by atoms with Gasteiger partial charge in [-0.1, -0.05) is 6.08 Å². The molecular weight excluding hydrogens is 834 g/mol. The molecule has 26 nitrogen and oxygen atoms in total. The Morgan fingerprint density at radius 3 is 1.56 bits per heavy atom. The number of nitrogens with one attached hydrogen (secondary N) is 1. The Kier molecular flexibility index (Phi) is 18.1. The Morgan fingerprint density at radius 1 is 0.508 bits per heavy atom. The second kappa shape index (κ2) is 22.0. The summed E-state index contributed by atoms with van der Waals surface area (Å²) in [6.07, 6.45) is -41.1. The van der Waals surface area contributed by atoms with Crippen LogP contribution >= 0.6 is 0 Å². The van der Waals surface area contributed by atoms with Crippen molar-refractivity contribution in [1.29, 1.82) is 0 Å². The van der Waals surface area contributed by atoms with Gasteiger partial charge in [-0.3, -0.25) is 4.79 Å². The molecule has 0 aliphatic carbocycles. The molecule has 0 radical (unpaired) electrons. The lowest BCUT2D eigenvalue weighted by Gasteiger charge is -2.50. The molecule has 0 unspecified atom stereocenters. The van der Waals surface area contributed by atoms with Gasteiger partial charge in [0.25, 0.3) is 0 Å². The van der Waals surface area contributed by atoms with Crippen molar-refractivity contribution in [3.63, 3.8) is 0 Å². The summed E-state index contributed by atoms with van der Waals surface area (Å²) in [5, 5.41) is 152. The van der Waals surface area contributed by atoms with Crippen LogP contribution in [0.1, 0.15) is 13.8 Å². The Hall–Kier alpha value is -1.75. The van der Waals surface area contributed by atoms with Crippen LogP contribution in [0.15, 0.2) is 12.7 Å². The highest BCUT2D eigenvalue weighted by Gasteiger charge is 2.57. The van der Waals surface area contributed by atoms with E-state index in [-0.39, 0.29) is 6.61 Å². The first kappa shape index (κ1) is 50.3. The third-order valence-corrected chi connectivity index (χ3v) is 11.0. The van der Waals surface area contributed by atoms with Crippen LogP contribution in [0.2, 0.25) is 0 Å². The van der Waals surface area contributed by atoms with E-state index < -0.39 is 186 Å². The van der Waals surface area contributed by atoms with E-state index in [0.29, 0.717) is 0 Å². The third kappa shape index (κ3) is 10.9. The molecule has 354 valence electrons. The molecule has 5 aliphatic rings. The van der Waals surface area contributed by atoms with Crippen molar-refractivity contribution in [2.24, 2.45) is 0 Å².